The Balaban J connectivity index is 1.30. The van der Waals surface area contributed by atoms with Crippen molar-refractivity contribution in [3.05, 3.63) is 120 Å². The molecule has 4 aromatic heterocycles. The number of pyridine rings is 4. The maximum Gasteiger partial charge on any atom is 0.330 e. The molecule has 4 aromatic rings. The number of esters is 2. The lowest BCUT2D eigenvalue weighted by Crippen LogP contribution is -2.06. The summed E-state index contributed by atoms with van der Waals surface area (Å²) in [5.74, 6) is 12.6. The summed E-state index contributed by atoms with van der Waals surface area (Å²) in [6.07, 6.45) is 10.0. The van der Waals surface area contributed by atoms with Gasteiger partial charge >= 0.3 is 11.9 Å². The number of rotatable bonds is 13. The van der Waals surface area contributed by atoms with Crippen molar-refractivity contribution in [3.8, 4) is 46.6 Å². The summed E-state index contributed by atoms with van der Waals surface area (Å²) >= 11 is 0. The molecule has 0 spiro atoms. The Kier molecular flexibility index (Phi) is 13.0. The molecule has 4 rings (SSSR count). The SMILES string of the molecule is C=CC(=O)OCCCOc1ccc(C#Cc2cnc(-c3ncc(C#Cc4ccc(OCCCOC(=O)C=C)cn4)cc3C)c(C)c2)nc1. The molecular formula is C38H34N4O6. The van der Waals surface area contributed by atoms with E-state index in [9.17, 15) is 9.59 Å². The molecule has 0 unspecified atom stereocenters. The number of hydrogen-bond donors (Lipinski definition) is 0. The number of aryl methyl sites for hydroxylation is 2. The number of carbonyl (C=O) groups is 2. The van der Waals surface area contributed by atoms with Gasteiger partial charge in [-0.15, -0.1) is 0 Å². The third-order valence-electron chi connectivity index (χ3n) is 6.46. The Morgan fingerprint density at radius 2 is 1.06 bits per heavy atom. The topological polar surface area (TPSA) is 123 Å². The third kappa shape index (κ3) is 11.0. The molecule has 0 aliphatic carbocycles. The zero-order chi connectivity index (χ0) is 34.1. The van der Waals surface area contributed by atoms with E-state index in [-0.39, 0.29) is 13.2 Å². The third-order valence-corrected chi connectivity index (χ3v) is 6.46. The van der Waals surface area contributed by atoms with Gasteiger partial charge in [0.25, 0.3) is 0 Å². The second kappa shape index (κ2) is 18.0. The van der Waals surface area contributed by atoms with E-state index >= 15 is 0 Å². The van der Waals surface area contributed by atoms with Gasteiger partial charge in [-0.25, -0.2) is 19.6 Å². The maximum absolute atomic E-state index is 11.1. The van der Waals surface area contributed by atoms with Crippen LogP contribution in [0.25, 0.3) is 11.4 Å². The molecule has 0 aliphatic heterocycles. The van der Waals surface area contributed by atoms with Crippen molar-refractivity contribution in [1.29, 1.82) is 0 Å². The average molecular weight is 643 g/mol. The van der Waals surface area contributed by atoms with Crippen molar-refractivity contribution in [1.82, 2.24) is 19.9 Å². The fourth-order valence-corrected chi connectivity index (χ4v) is 4.10. The van der Waals surface area contributed by atoms with Crippen molar-refractivity contribution in [3.63, 3.8) is 0 Å². The first-order valence-corrected chi connectivity index (χ1v) is 15.1. The molecule has 0 amide bonds. The first-order valence-electron chi connectivity index (χ1n) is 15.1. The minimum absolute atomic E-state index is 0.261. The highest BCUT2D eigenvalue weighted by atomic mass is 16.5. The molecule has 48 heavy (non-hydrogen) atoms. The number of hydrogen-bond acceptors (Lipinski definition) is 10. The van der Waals surface area contributed by atoms with Crippen molar-refractivity contribution in [2.24, 2.45) is 0 Å². The minimum Gasteiger partial charge on any atom is -0.492 e. The number of aromatic nitrogens is 4. The van der Waals surface area contributed by atoms with Gasteiger partial charge in [0.1, 0.15) is 22.9 Å². The molecule has 0 aliphatic rings. The van der Waals surface area contributed by atoms with Crippen LogP contribution in [0.2, 0.25) is 0 Å². The molecule has 0 bridgehead atoms. The maximum atomic E-state index is 11.1. The Morgan fingerprint density at radius 3 is 1.42 bits per heavy atom. The van der Waals surface area contributed by atoms with E-state index in [0.717, 1.165) is 45.8 Å². The summed E-state index contributed by atoms with van der Waals surface area (Å²) in [5, 5.41) is 0. The molecule has 0 radical (unpaired) electrons. The first-order chi connectivity index (χ1) is 23.3. The van der Waals surface area contributed by atoms with Gasteiger partial charge in [0, 0.05) is 48.5 Å². The molecule has 0 N–H and O–H groups in total. The van der Waals surface area contributed by atoms with Crippen LogP contribution in [0.4, 0.5) is 0 Å². The highest BCUT2D eigenvalue weighted by Crippen LogP contribution is 2.23. The van der Waals surface area contributed by atoms with E-state index in [2.05, 4.69) is 56.8 Å². The highest BCUT2D eigenvalue weighted by Gasteiger charge is 2.10. The van der Waals surface area contributed by atoms with E-state index < -0.39 is 11.9 Å². The second-order valence-electron chi connectivity index (χ2n) is 10.2. The summed E-state index contributed by atoms with van der Waals surface area (Å²) in [7, 11) is 0. The number of nitrogens with zero attached hydrogens (tertiary/aromatic N) is 4. The van der Waals surface area contributed by atoms with Crippen molar-refractivity contribution in [2.75, 3.05) is 26.4 Å². The Hall–Kier alpha value is -6.26. The highest BCUT2D eigenvalue weighted by molar-refractivity contribution is 5.81. The fourth-order valence-electron chi connectivity index (χ4n) is 4.10. The predicted molar refractivity (Wildman–Crippen MR) is 180 cm³/mol. The van der Waals surface area contributed by atoms with E-state index in [0.29, 0.717) is 48.9 Å². The van der Waals surface area contributed by atoms with Crippen molar-refractivity contribution in [2.45, 2.75) is 26.7 Å². The van der Waals surface area contributed by atoms with Crippen LogP contribution >= 0.6 is 0 Å². The van der Waals surface area contributed by atoms with E-state index in [1.54, 1.807) is 49.1 Å². The Labute approximate surface area is 279 Å². The molecule has 10 heteroatoms. The van der Waals surface area contributed by atoms with Crippen molar-refractivity contribution >= 4 is 11.9 Å². The van der Waals surface area contributed by atoms with E-state index in [1.807, 2.05) is 26.0 Å². The molecule has 0 aromatic carbocycles. The monoisotopic (exact) mass is 642 g/mol. The molecular weight excluding hydrogens is 608 g/mol. The van der Waals surface area contributed by atoms with Crippen LogP contribution in [0.3, 0.4) is 0 Å². The molecule has 4 heterocycles. The van der Waals surface area contributed by atoms with Crippen LogP contribution in [0.1, 0.15) is 46.5 Å². The Bertz CT molecular complexity index is 1740. The van der Waals surface area contributed by atoms with Crippen LogP contribution in [-0.4, -0.2) is 58.3 Å². The predicted octanol–water partition coefficient (Wildman–Crippen LogP) is 5.35. The molecule has 242 valence electrons. The van der Waals surface area contributed by atoms with Crippen LogP contribution in [0, 0.1) is 37.5 Å². The Morgan fingerprint density at radius 1 is 0.625 bits per heavy atom. The average Bonchev–Trinajstić information content (AvgIpc) is 3.10. The minimum atomic E-state index is -0.451. The fraction of sp³-hybridized carbons (Fsp3) is 0.211. The first kappa shape index (κ1) is 34.6. The molecule has 0 saturated carbocycles. The molecule has 10 nitrogen and oxygen atoms in total. The van der Waals surface area contributed by atoms with Gasteiger partial charge in [-0.1, -0.05) is 25.0 Å². The zero-order valence-electron chi connectivity index (χ0n) is 26.8. The summed E-state index contributed by atoms with van der Waals surface area (Å²) in [5.41, 5.74) is 6.12. The lowest BCUT2D eigenvalue weighted by Gasteiger charge is -2.08. The van der Waals surface area contributed by atoms with Crippen LogP contribution in [0.15, 0.2) is 86.5 Å². The summed E-state index contributed by atoms with van der Waals surface area (Å²) in [6.45, 7) is 12.0. The van der Waals surface area contributed by atoms with Gasteiger partial charge in [-0.2, -0.15) is 0 Å². The molecule has 0 atom stereocenters. The quantitative estimate of drug-likeness (QED) is 0.0817. The zero-order valence-corrected chi connectivity index (χ0v) is 26.8. The van der Waals surface area contributed by atoms with Gasteiger partial charge in [-0.3, -0.25) is 9.97 Å². The molecule has 0 fully saturated rings. The largest absolute Gasteiger partial charge is 0.492 e. The smallest absolute Gasteiger partial charge is 0.330 e. The second-order valence-corrected chi connectivity index (χ2v) is 10.2. The van der Waals surface area contributed by atoms with Gasteiger partial charge in [-0.05, 0) is 73.2 Å². The van der Waals surface area contributed by atoms with Crippen LogP contribution in [-0.2, 0) is 19.1 Å². The standard InChI is InChI=1S/C38H34N4O6/c1-5-35(43)47-19-7-17-45-33-15-13-31(39-25-33)11-9-29-21-27(3)37(41-23-29)38-28(4)22-30(24-42-38)10-12-32-14-16-34(26-40-32)46-18-8-20-48-36(44)6-2/h5-6,13-16,21-26H,1-2,7-8,17-20H2,3-4H3. The van der Waals surface area contributed by atoms with Gasteiger partial charge in [0.05, 0.1) is 50.2 Å². The van der Waals surface area contributed by atoms with Crippen LogP contribution in [0.5, 0.6) is 11.5 Å². The molecule has 0 saturated heterocycles. The number of carbonyl (C=O) groups excluding carboxylic acids is 2. The van der Waals surface area contributed by atoms with E-state index in [1.165, 1.54) is 0 Å². The summed E-state index contributed by atoms with van der Waals surface area (Å²) in [6, 6.07) is 11.1. The number of ether oxygens (including phenoxy) is 4. The van der Waals surface area contributed by atoms with E-state index in [4.69, 9.17) is 18.9 Å². The normalized spacial score (nSPS) is 9.96. The van der Waals surface area contributed by atoms with Gasteiger partial charge < -0.3 is 18.9 Å². The van der Waals surface area contributed by atoms with Crippen molar-refractivity contribution < 1.29 is 28.5 Å². The van der Waals surface area contributed by atoms with Gasteiger partial charge in [0.15, 0.2) is 0 Å². The van der Waals surface area contributed by atoms with Gasteiger partial charge in [0.2, 0.25) is 0 Å². The summed E-state index contributed by atoms with van der Waals surface area (Å²) in [4.78, 5) is 40.1. The lowest BCUT2D eigenvalue weighted by atomic mass is 10.0. The summed E-state index contributed by atoms with van der Waals surface area (Å²) < 4.78 is 21.1. The lowest BCUT2D eigenvalue weighted by molar-refractivity contribution is -0.138. The van der Waals surface area contributed by atoms with Crippen LogP contribution < -0.4 is 9.47 Å².